The second-order valence-corrected chi connectivity index (χ2v) is 6.71. The van der Waals surface area contributed by atoms with E-state index in [-0.39, 0.29) is 23.9 Å². The molecule has 2 atom stereocenters. The minimum absolute atomic E-state index is 0.0896. The zero-order chi connectivity index (χ0) is 13.8. The Kier molecular flexibility index (Phi) is 2.73. The van der Waals surface area contributed by atoms with Crippen LogP contribution in [0.4, 0.5) is 0 Å². The van der Waals surface area contributed by atoms with Gasteiger partial charge in [0, 0.05) is 5.57 Å². The van der Waals surface area contributed by atoms with Crippen LogP contribution in [0, 0.1) is 23.2 Å². The molecule has 4 fully saturated rings. The standard InChI is InChI=1S/C15H20O4/c1-8(2)13(16)19-12-10-3-9-4-11(12)7-15(5-9,6-10)14(17)18/h9-12H,1,3-7H2,2H3,(H,17,18). The summed E-state index contributed by atoms with van der Waals surface area (Å²) < 4.78 is 5.58. The van der Waals surface area contributed by atoms with Crippen molar-refractivity contribution in [2.75, 3.05) is 0 Å². The molecule has 2 unspecified atom stereocenters. The van der Waals surface area contributed by atoms with Gasteiger partial charge in [0.1, 0.15) is 6.10 Å². The number of rotatable bonds is 3. The molecule has 4 aliphatic rings. The summed E-state index contributed by atoms with van der Waals surface area (Å²) in [6.07, 6.45) is 4.09. The van der Waals surface area contributed by atoms with E-state index in [1.54, 1.807) is 6.92 Å². The number of aliphatic carboxylic acids is 1. The fourth-order valence-corrected chi connectivity index (χ4v) is 4.66. The Hall–Kier alpha value is -1.32. The summed E-state index contributed by atoms with van der Waals surface area (Å²) in [5, 5.41) is 9.51. The third-order valence-corrected chi connectivity index (χ3v) is 5.23. The minimum atomic E-state index is -0.656. The van der Waals surface area contributed by atoms with Crippen molar-refractivity contribution in [2.24, 2.45) is 23.2 Å². The fraction of sp³-hybridized carbons (Fsp3) is 0.733. The molecule has 4 aliphatic carbocycles. The van der Waals surface area contributed by atoms with E-state index in [1.165, 1.54) is 0 Å². The van der Waals surface area contributed by atoms with E-state index >= 15 is 0 Å². The first-order valence-electron chi connectivity index (χ1n) is 7.01. The normalized spacial score (nSPS) is 43.0. The third-order valence-electron chi connectivity index (χ3n) is 5.23. The number of hydrogen-bond acceptors (Lipinski definition) is 3. The molecule has 4 rings (SSSR count). The van der Waals surface area contributed by atoms with Crippen LogP contribution in [0.25, 0.3) is 0 Å². The molecule has 0 aromatic carbocycles. The Bertz CT molecular complexity index is 437. The van der Waals surface area contributed by atoms with Crippen LogP contribution in [0.15, 0.2) is 12.2 Å². The minimum Gasteiger partial charge on any atom is -0.481 e. The molecule has 19 heavy (non-hydrogen) atoms. The first-order chi connectivity index (χ1) is 8.91. The molecule has 0 amide bonds. The second kappa shape index (κ2) is 4.09. The van der Waals surface area contributed by atoms with Crippen LogP contribution in [0.3, 0.4) is 0 Å². The van der Waals surface area contributed by atoms with Crippen molar-refractivity contribution in [1.29, 1.82) is 0 Å². The van der Waals surface area contributed by atoms with Crippen molar-refractivity contribution < 1.29 is 19.4 Å². The lowest BCUT2D eigenvalue weighted by Crippen LogP contribution is -2.57. The fourth-order valence-electron chi connectivity index (χ4n) is 4.66. The van der Waals surface area contributed by atoms with Crippen LogP contribution in [-0.4, -0.2) is 23.1 Å². The lowest BCUT2D eigenvalue weighted by atomic mass is 9.48. The molecule has 0 aromatic rings. The highest BCUT2D eigenvalue weighted by Crippen LogP contribution is 2.60. The lowest BCUT2D eigenvalue weighted by molar-refractivity contribution is -0.190. The monoisotopic (exact) mass is 264 g/mol. The average Bonchev–Trinajstić information content (AvgIpc) is 2.32. The van der Waals surface area contributed by atoms with Gasteiger partial charge >= 0.3 is 11.9 Å². The molecule has 4 nitrogen and oxygen atoms in total. The Morgan fingerprint density at radius 1 is 1.21 bits per heavy atom. The maximum absolute atomic E-state index is 11.7. The lowest BCUT2D eigenvalue weighted by Gasteiger charge is -2.57. The van der Waals surface area contributed by atoms with Gasteiger partial charge in [-0.3, -0.25) is 4.79 Å². The zero-order valence-corrected chi connectivity index (χ0v) is 11.2. The maximum Gasteiger partial charge on any atom is 0.333 e. The summed E-state index contributed by atoms with van der Waals surface area (Å²) in [6, 6.07) is 0. The Morgan fingerprint density at radius 2 is 1.79 bits per heavy atom. The third kappa shape index (κ3) is 1.88. The summed E-state index contributed by atoms with van der Waals surface area (Å²) in [5.41, 5.74) is -0.121. The van der Waals surface area contributed by atoms with E-state index in [2.05, 4.69) is 6.58 Å². The van der Waals surface area contributed by atoms with E-state index in [0.717, 1.165) is 19.3 Å². The van der Waals surface area contributed by atoms with Gasteiger partial charge in [-0.2, -0.15) is 0 Å². The van der Waals surface area contributed by atoms with Crippen LogP contribution >= 0.6 is 0 Å². The van der Waals surface area contributed by atoms with Crippen molar-refractivity contribution >= 4 is 11.9 Å². The van der Waals surface area contributed by atoms with E-state index in [0.29, 0.717) is 24.3 Å². The number of carboxylic acids is 1. The van der Waals surface area contributed by atoms with Gasteiger partial charge < -0.3 is 9.84 Å². The number of hydrogen-bond donors (Lipinski definition) is 1. The number of carbonyl (C=O) groups is 2. The number of ether oxygens (including phenoxy) is 1. The topological polar surface area (TPSA) is 63.6 Å². The number of carbonyl (C=O) groups excluding carboxylic acids is 1. The number of carboxylic acid groups (broad SMARTS) is 1. The molecule has 0 spiro atoms. The van der Waals surface area contributed by atoms with Gasteiger partial charge in [0.25, 0.3) is 0 Å². The van der Waals surface area contributed by atoms with Crippen LogP contribution in [0.1, 0.15) is 39.0 Å². The Labute approximate surface area is 112 Å². The first-order valence-corrected chi connectivity index (χ1v) is 7.01. The first kappa shape index (κ1) is 12.7. The van der Waals surface area contributed by atoms with Gasteiger partial charge in [-0.15, -0.1) is 0 Å². The smallest absolute Gasteiger partial charge is 0.333 e. The highest BCUT2D eigenvalue weighted by molar-refractivity contribution is 5.87. The molecule has 1 N–H and O–H groups in total. The quantitative estimate of drug-likeness (QED) is 0.628. The highest BCUT2D eigenvalue weighted by atomic mass is 16.5. The molecule has 0 saturated heterocycles. The molecule has 0 radical (unpaired) electrons. The predicted molar refractivity (Wildman–Crippen MR) is 68.3 cm³/mol. The van der Waals surface area contributed by atoms with Crippen molar-refractivity contribution in [3.8, 4) is 0 Å². The van der Waals surface area contributed by atoms with E-state index in [1.807, 2.05) is 0 Å². The molecular formula is C15H20O4. The molecule has 4 heteroatoms. The molecule has 0 aromatic heterocycles. The Morgan fingerprint density at radius 3 is 2.26 bits per heavy atom. The van der Waals surface area contributed by atoms with E-state index in [4.69, 9.17) is 4.74 Å². The average molecular weight is 264 g/mol. The van der Waals surface area contributed by atoms with Gasteiger partial charge in [-0.05, 0) is 56.8 Å². The zero-order valence-electron chi connectivity index (χ0n) is 11.2. The second-order valence-electron chi connectivity index (χ2n) is 6.71. The van der Waals surface area contributed by atoms with Gasteiger partial charge in [0.05, 0.1) is 5.41 Å². The summed E-state index contributed by atoms with van der Waals surface area (Å²) in [5.74, 6) is -0.0249. The summed E-state index contributed by atoms with van der Waals surface area (Å²) in [7, 11) is 0. The van der Waals surface area contributed by atoms with Gasteiger partial charge in [-0.25, -0.2) is 4.79 Å². The molecule has 0 heterocycles. The molecule has 4 saturated carbocycles. The van der Waals surface area contributed by atoms with Crippen LogP contribution < -0.4 is 0 Å². The van der Waals surface area contributed by atoms with Gasteiger partial charge in [0.2, 0.25) is 0 Å². The molecular weight excluding hydrogens is 244 g/mol. The van der Waals surface area contributed by atoms with Crippen molar-refractivity contribution in [2.45, 2.75) is 45.1 Å². The molecule has 104 valence electrons. The van der Waals surface area contributed by atoms with Crippen LogP contribution in [0.2, 0.25) is 0 Å². The van der Waals surface area contributed by atoms with E-state index in [9.17, 15) is 14.7 Å². The van der Waals surface area contributed by atoms with Gasteiger partial charge in [-0.1, -0.05) is 6.58 Å². The number of esters is 1. The highest BCUT2D eigenvalue weighted by Gasteiger charge is 2.59. The van der Waals surface area contributed by atoms with Crippen LogP contribution in [0.5, 0.6) is 0 Å². The maximum atomic E-state index is 11.7. The molecule has 4 bridgehead atoms. The molecule has 0 aliphatic heterocycles. The van der Waals surface area contributed by atoms with Crippen molar-refractivity contribution in [3.63, 3.8) is 0 Å². The van der Waals surface area contributed by atoms with Gasteiger partial charge in [0.15, 0.2) is 0 Å². The van der Waals surface area contributed by atoms with Crippen LogP contribution in [-0.2, 0) is 14.3 Å². The SMILES string of the molecule is C=C(C)C(=O)OC1C2CC3CC1CC(C(=O)O)(C3)C2. The largest absolute Gasteiger partial charge is 0.481 e. The summed E-state index contributed by atoms with van der Waals surface area (Å²) in [6.45, 7) is 5.26. The van der Waals surface area contributed by atoms with Crippen molar-refractivity contribution in [3.05, 3.63) is 12.2 Å². The predicted octanol–water partition coefficient (Wildman–Crippen LogP) is 2.39. The van der Waals surface area contributed by atoms with E-state index < -0.39 is 11.4 Å². The summed E-state index contributed by atoms with van der Waals surface area (Å²) >= 11 is 0. The summed E-state index contributed by atoms with van der Waals surface area (Å²) in [4.78, 5) is 23.3. The Balaban J connectivity index is 1.80. The van der Waals surface area contributed by atoms with Crippen molar-refractivity contribution in [1.82, 2.24) is 0 Å².